The molecule has 0 aliphatic rings. The first-order valence-corrected chi connectivity index (χ1v) is 8.83. The van der Waals surface area contributed by atoms with E-state index in [1.165, 1.54) is 12.8 Å². The van der Waals surface area contributed by atoms with Crippen molar-refractivity contribution in [3.63, 3.8) is 0 Å². The van der Waals surface area contributed by atoms with Gasteiger partial charge in [0.1, 0.15) is 0 Å². The Hall–Kier alpha value is -0.220. The van der Waals surface area contributed by atoms with Crippen molar-refractivity contribution < 1.29 is 9.47 Å². The lowest BCUT2D eigenvalue weighted by atomic mass is 9.85. The molecule has 19 heavy (non-hydrogen) atoms. The standard InChI is InChI=1S/C15H22Br2O2/c1-3-8-15(11-16,12-17)9-10-19-14-7-5-4-6-13(14)18-2/h4-7H,3,8-12H2,1-2H3. The van der Waals surface area contributed by atoms with Gasteiger partial charge in [-0.25, -0.2) is 0 Å². The zero-order valence-corrected chi connectivity index (χ0v) is 14.8. The Bertz CT molecular complexity index is 365. The van der Waals surface area contributed by atoms with Crippen molar-refractivity contribution in [2.75, 3.05) is 24.4 Å². The van der Waals surface area contributed by atoms with Crippen LogP contribution in [0.1, 0.15) is 26.2 Å². The van der Waals surface area contributed by atoms with Gasteiger partial charge in [-0.05, 0) is 30.4 Å². The van der Waals surface area contributed by atoms with Crippen molar-refractivity contribution in [2.45, 2.75) is 26.2 Å². The van der Waals surface area contributed by atoms with Crippen molar-refractivity contribution in [3.8, 4) is 11.5 Å². The third kappa shape index (κ3) is 4.99. The molecule has 0 spiro atoms. The van der Waals surface area contributed by atoms with Crippen LogP contribution in [0.3, 0.4) is 0 Å². The Balaban J connectivity index is 2.56. The van der Waals surface area contributed by atoms with Gasteiger partial charge >= 0.3 is 0 Å². The number of alkyl halides is 2. The summed E-state index contributed by atoms with van der Waals surface area (Å²) in [7, 11) is 1.67. The lowest BCUT2D eigenvalue weighted by Crippen LogP contribution is -2.27. The van der Waals surface area contributed by atoms with E-state index >= 15 is 0 Å². The molecule has 0 aromatic heterocycles. The minimum Gasteiger partial charge on any atom is -0.493 e. The second-order valence-corrected chi connectivity index (χ2v) is 5.89. The predicted octanol–water partition coefficient (Wildman–Crippen LogP) is 5.04. The van der Waals surface area contributed by atoms with E-state index in [4.69, 9.17) is 9.47 Å². The Morgan fingerprint density at radius 3 is 2.21 bits per heavy atom. The molecule has 2 nitrogen and oxygen atoms in total. The quantitative estimate of drug-likeness (QED) is 0.547. The van der Waals surface area contributed by atoms with Gasteiger partial charge in [0.25, 0.3) is 0 Å². The van der Waals surface area contributed by atoms with Gasteiger partial charge in [-0.3, -0.25) is 0 Å². The third-order valence-corrected chi connectivity index (χ3v) is 5.69. The number of halogens is 2. The largest absolute Gasteiger partial charge is 0.493 e. The molecule has 108 valence electrons. The van der Waals surface area contributed by atoms with E-state index in [9.17, 15) is 0 Å². The third-order valence-electron chi connectivity index (χ3n) is 3.31. The molecule has 1 aromatic rings. The zero-order chi connectivity index (χ0) is 14.1. The minimum absolute atomic E-state index is 0.275. The topological polar surface area (TPSA) is 18.5 Å². The molecule has 0 bridgehead atoms. The van der Waals surface area contributed by atoms with Gasteiger partial charge in [-0.2, -0.15) is 0 Å². The normalized spacial score (nSPS) is 11.4. The smallest absolute Gasteiger partial charge is 0.161 e. The lowest BCUT2D eigenvalue weighted by molar-refractivity contribution is 0.220. The summed E-state index contributed by atoms with van der Waals surface area (Å²) in [4.78, 5) is 0. The average molecular weight is 394 g/mol. The highest BCUT2D eigenvalue weighted by atomic mass is 79.9. The first-order chi connectivity index (χ1) is 9.21. The summed E-state index contributed by atoms with van der Waals surface area (Å²) in [6.07, 6.45) is 3.40. The first-order valence-electron chi connectivity index (χ1n) is 6.59. The summed E-state index contributed by atoms with van der Waals surface area (Å²) < 4.78 is 11.2. The van der Waals surface area contributed by atoms with E-state index in [-0.39, 0.29) is 5.41 Å². The maximum atomic E-state index is 5.87. The van der Waals surface area contributed by atoms with Gasteiger partial charge in [-0.15, -0.1) is 0 Å². The fraction of sp³-hybridized carbons (Fsp3) is 0.600. The van der Waals surface area contributed by atoms with Gasteiger partial charge in [-0.1, -0.05) is 57.3 Å². The fourth-order valence-corrected chi connectivity index (χ4v) is 4.12. The van der Waals surface area contributed by atoms with Crippen LogP contribution in [0.15, 0.2) is 24.3 Å². The molecule has 4 heteroatoms. The number of methoxy groups -OCH3 is 1. The van der Waals surface area contributed by atoms with Crippen molar-refractivity contribution in [1.29, 1.82) is 0 Å². The van der Waals surface area contributed by atoms with E-state index in [1.54, 1.807) is 7.11 Å². The van der Waals surface area contributed by atoms with Crippen molar-refractivity contribution in [1.82, 2.24) is 0 Å². The van der Waals surface area contributed by atoms with E-state index < -0.39 is 0 Å². The maximum absolute atomic E-state index is 5.87. The molecule has 0 aliphatic heterocycles. The molecule has 0 amide bonds. The second kappa shape index (κ2) is 8.85. The average Bonchev–Trinajstić information content (AvgIpc) is 2.47. The summed E-state index contributed by atoms with van der Waals surface area (Å²) in [5.74, 6) is 1.61. The molecule has 0 atom stereocenters. The number of ether oxygens (including phenoxy) is 2. The zero-order valence-electron chi connectivity index (χ0n) is 11.6. The maximum Gasteiger partial charge on any atom is 0.161 e. The summed E-state index contributed by atoms with van der Waals surface area (Å²) >= 11 is 7.28. The van der Waals surface area contributed by atoms with E-state index in [0.717, 1.165) is 28.6 Å². The van der Waals surface area contributed by atoms with Crippen molar-refractivity contribution in [3.05, 3.63) is 24.3 Å². The van der Waals surface area contributed by atoms with Crippen LogP contribution in [0, 0.1) is 5.41 Å². The van der Waals surface area contributed by atoms with Crippen LogP contribution in [-0.2, 0) is 0 Å². The molecule has 0 fully saturated rings. The Morgan fingerprint density at radius 1 is 1.05 bits per heavy atom. The highest BCUT2D eigenvalue weighted by Gasteiger charge is 2.26. The minimum atomic E-state index is 0.275. The number of rotatable bonds is 9. The van der Waals surface area contributed by atoms with Crippen LogP contribution >= 0.6 is 31.9 Å². The Labute approximate surface area is 133 Å². The molecule has 0 N–H and O–H groups in total. The summed E-state index contributed by atoms with van der Waals surface area (Å²) in [5, 5.41) is 1.99. The number of hydrogen-bond acceptors (Lipinski definition) is 2. The first kappa shape index (κ1) is 16.8. The van der Waals surface area contributed by atoms with E-state index in [1.807, 2.05) is 24.3 Å². The summed E-state index contributed by atoms with van der Waals surface area (Å²) in [5.41, 5.74) is 0.275. The van der Waals surface area contributed by atoms with Gasteiger partial charge in [0.15, 0.2) is 11.5 Å². The molecule has 0 aliphatic carbocycles. The molecular weight excluding hydrogens is 372 g/mol. The SMILES string of the molecule is CCCC(CBr)(CBr)CCOc1ccccc1OC. The number of hydrogen-bond donors (Lipinski definition) is 0. The Kier molecular flexibility index (Phi) is 7.84. The van der Waals surface area contributed by atoms with Gasteiger partial charge in [0.2, 0.25) is 0 Å². The van der Waals surface area contributed by atoms with Crippen LogP contribution < -0.4 is 9.47 Å². The van der Waals surface area contributed by atoms with Gasteiger partial charge in [0.05, 0.1) is 13.7 Å². The van der Waals surface area contributed by atoms with Crippen LogP contribution in [-0.4, -0.2) is 24.4 Å². The predicted molar refractivity (Wildman–Crippen MR) is 88.0 cm³/mol. The monoisotopic (exact) mass is 392 g/mol. The molecule has 0 heterocycles. The second-order valence-electron chi connectivity index (χ2n) is 4.77. The summed E-state index contributed by atoms with van der Waals surface area (Å²) in [6, 6.07) is 7.78. The molecule has 1 aromatic carbocycles. The number of benzene rings is 1. The van der Waals surface area contributed by atoms with Crippen molar-refractivity contribution in [2.24, 2.45) is 5.41 Å². The van der Waals surface area contributed by atoms with E-state index in [0.29, 0.717) is 6.61 Å². The van der Waals surface area contributed by atoms with Crippen LogP contribution in [0.25, 0.3) is 0 Å². The molecule has 0 saturated carbocycles. The molecule has 0 unspecified atom stereocenters. The summed E-state index contributed by atoms with van der Waals surface area (Å²) in [6.45, 7) is 2.93. The van der Waals surface area contributed by atoms with Crippen LogP contribution in [0.2, 0.25) is 0 Å². The van der Waals surface area contributed by atoms with Gasteiger partial charge in [0, 0.05) is 10.7 Å². The van der Waals surface area contributed by atoms with Crippen LogP contribution in [0.4, 0.5) is 0 Å². The lowest BCUT2D eigenvalue weighted by Gasteiger charge is -2.29. The molecule has 0 radical (unpaired) electrons. The van der Waals surface area contributed by atoms with Gasteiger partial charge < -0.3 is 9.47 Å². The fourth-order valence-electron chi connectivity index (χ4n) is 2.07. The van der Waals surface area contributed by atoms with Crippen molar-refractivity contribution >= 4 is 31.9 Å². The number of para-hydroxylation sites is 2. The highest BCUT2D eigenvalue weighted by Crippen LogP contribution is 2.34. The molecular formula is C15H22Br2O2. The molecule has 1 rings (SSSR count). The van der Waals surface area contributed by atoms with Crippen LogP contribution in [0.5, 0.6) is 11.5 Å². The molecule has 0 saturated heterocycles. The Morgan fingerprint density at radius 2 is 1.68 bits per heavy atom. The highest BCUT2D eigenvalue weighted by molar-refractivity contribution is 9.09. The van der Waals surface area contributed by atoms with E-state index in [2.05, 4.69) is 38.8 Å².